The first-order chi connectivity index (χ1) is 14.5. The summed E-state index contributed by atoms with van der Waals surface area (Å²) in [4.78, 5) is 10.7. The molecule has 0 bridgehead atoms. The molecule has 0 aliphatic rings. The van der Waals surface area contributed by atoms with Gasteiger partial charge in [-0.2, -0.15) is 0 Å². The topological polar surface area (TPSA) is 84.6 Å². The molecular formula is C24H26N2O4. The summed E-state index contributed by atoms with van der Waals surface area (Å²) in [6.45, 7) is 4.52. The van der Waals surface area contributed by atoms with Gasteiger partial charge in [0.1, 0.15) is 5.75 Å². The van der Waals surface area contributed by atoms with Gasteiger partial charge in [-0.05, 0) is 43.2 Å². The molecule has 0 aromatic heterocycles. The molecule has 0 spiro atoms. The Labute approximate surface area is 176 Å². The first-order valence-corrected chi connectivity index (χ1v) is 9.94. The van der Waals surface area contributed by atoms with Gasteiger partial charge in [0, 0.05) is 24.2 Å². The number of non-ortho nitro benzene ring substituents is 1. The van der Waals surface area contributed by atoms with Gasteiger partial charge in [-0.15, -0.1) is 0 Å². The summed E-state index contributed by atoms with van der Waals surface area (Å²) in [6.07, 6.45) is -0.284. The zero-order valence-electron chi connectivity index (χ0n) is 17.1. The van der Waals surface area contributed by atoms with Gasteiger partial charge in [-0.1, -0.05) is 48.0 Å². The van der Waals surface area contributed by atoms with Gasteiger partial charge in [-0.25, -0.2) is 0 Å². The van der Waals surface area contributed by atoms with Crippen molar-refractivity contribution in [3.05, 3.63) is 99.6 Å². The zero-order valence-corrected chi connectivity index (χ0v) is 17.1. The van der Waals surface area contributed by atoms with E-state index in [-0.39, 0.29) is 11.7 Å². The molecule has 0 saturated carbocycles. The molecule has 2 unspecified atom stereocenters. The number of ether oxygens (including phenoxy) is 1. The molecule has 3 aromatic carbocycles. The highest BCUT2D eigenvalue weighted by atomic mass is 16.6. The molecule has 0 aliphatic heterocycles. The SMILES string of the molecule is CCOc1ccc(C(CC(O)c2ccc(C)cc2)Nc2cccc([N+](=O)[O-])c2)cc1. The van der Waals surface area contributed by atoms with Crippen molar-refractivity contribution in [3.8, 4) is 5.75 Å². The van der Waals surface area contributed by atoms with Gasteiger partial charge in [-0.3, -0.25) is 10.1 Å². The molecule has 0 radical (unpaired) electrons. The molecule has 6 heteroatoms. The zero-order chi connectivity index (χ0) is 21.5. The molecule has 0 amide bonds. The Balaban J connectivity index is 1.86. The standard InChI is InChI=1S/C24H26N2O4/c1-3-30-22-13-11-18(12-14-22)23(16-24(27)19-9-7-17(2)8-10-19)25-20-5-4-6-21(15-20)26(28)29/h4-15,23-25,27H,3,16H2,1-2H3. The number of aliphatic hydroxyl groups is 1. The Kier molecular flexibility index (Phi) is 7.03. The number of nitrogens with zero attached hydrogens (tertiary/aromatic N) is 1. The van der Waals surface area contributed by atoms with Gasteiger partial charge in [0.15, 0.2) is 0 Å². The van der Waals surface area contributed by atoms with Crippen LogP contribution in [-0.4, -0.2) is 16.6 Å². The summed E-state index contributed by atoms with van der Waals surface area (Å²) in [5.74, 6) is 0.773. The highest BCUT2D eigenvalue weighted by molar-refractivity contribution is 5.52. The molecule has 2 N–H and O–H groups in total. The fourth-order valence-electron chi connectivity index (χ4n) is 3.30. The summed E-state index contributed by atoms with van der Waals surface area (Å²) < 4.78 is 5.52. The second kappa shape index (κ2) is 9.89. The average molecular weight is 406 g/mol. The van der Waals surface area contributed by atoms with Crippen molar-refractivity contribution in [2.75, 3.05) is 11.9 Å². The van der Waals surface area contributed by atoms with Gasteiger partial charge in [0.05, 0.1) is 23.7 Å². The smallest absolute Gasteiger partial charge is 0.271 e. The van der Waals surface area contributed by atoms with Crippen molar-refractivity contribution >= 4 is 11.4 Å². The maximum absolute atomic E-state index is 11.1. The summed E-state index contributed by atoms with van der Waals surface area (Å²) in [5.41, 5.74) is 3.56. The molecule has 30 heavy (non-hydrogen) atoms. The number of benzene rings is 3. The van der Waals surface area contributed by atoms with Crippen LogP contribution in [0.2, 0.25) is 0 Å². The Hall–Kier alpha value is -3.38. The molecule has 0 saturated heterocycles. The third kappa shape index (κ3) is 5.58. The van der Waals surface area contributed by atoms with Gasteiger partial charge >= 0.3 is 0 Å². The van der Waals surface area contributed by atoms with Crippen LogP contribution in [0.1, 0.15) is 42.2 Å². The normalized spacial score (nSPS) is 12.8. The van der Waals surface area contributed by atoms with Crippen molar-refractivity contribution in [2.45, 2.75) is 32.4 Å². The first kappa shape index (κ1) is 21.3. The van der Waals surface area contributed by atoms with Crippen LogP contribution in [0.15, 0.2) is 72.8 Å². The van der Waals surface area contributed by atoms with Crippen molar-refractivity contribution in [2.24, 2.45) is 0 Å². The third-order valence-electron chi connectivity index (χ3n) is 4.91. The van der Waals surface area contributed by atoms with Crippen LogP contribution in [0.5, 0.6) is 5.75 Å². The Bertz CT molecular complexity index is 971. The largest absolute Gasteiger partial charge is 0.494 e. The predicted molar refractivity (Wildman–Crippen MR) is 118 cm³/mol. The lowest BCUT2D eigenvalue weighted by molar-refractivity contribution is -0.384. The molecule has 3 aromatic rings. The number of nitrogens with one attached hydrogen (secondary N) is 1. The molecule has 0 aliphatic carbocycles. The number of anilines is 1. The molecule has 2 atom stereocenters. The van der Waals surface area contributed by atoms with Gasteiger partial charge < -0.3 is 15.2 Å². The summed E-state index contributed by atoms with van der Waals surface area (Å²) in [5, 5.41) is 25.3. The highest BCUT2D eigenvalue weighted by Gasteiger charge is 2.19. The molecule has 0 heterocycles. The number of aliphatic hydroxyl groups excluding tert-OH is 1. The molecule has 3 rings (SSSR count). The maximum Gasteiger partial charge on any atom is 0.271 e. The van der Waals surface area contributed by atoms with E-state index >= 15 is 0 Å². The minimum Gasteiger partial charge on any atom is -0.494 e. The number of hydrogen-bond acceptors (Lipinski definition) is 5. The van der Waals surface area contributed by atoms with Crippen LogP contribution < -0.4 is 10.1 Å². The van der Waals surface area contributed by atoms with Gasteiger partial charge in [0.2, 0.25) is 0 Å². The number of nitro groups is 1. The van der Waals surface area contributed by atoms with E-state index in [4.69, 9.17) is 4.74 Å². The van der Waals surface area contributed by atoms with Crippen molar-refractivity contribution < 1.29 is 14.8 Å². The lowest BCUT2D eigenvalue weighted by Crippen LogP contribution is -2.15. The third-order valence-corrected chi connectivity index (χ3v) is 4.91. The minimum atomic E-state index is -0.687. The number of nitro benzene ring substituents is 1. The molecular weight excluding hydrogens is 380 g/mol. The monoisotopic (exact) mass is 406 g/mol. The van der Waals surface area contributed by atoms with Crippen molar-refractivity contribution in [1.29, 1.82) is 0 Å². The van der Waals surface area contributed by atoms with Gasteiger partial charge in [0.25, 0.3) is 5.69 Å². The first-order valence-electron chi connectivity index (χ1n) is 9.94. The lowest BCUT2D eigenvalue weighted by Gasteiger charge is -2.24. The number of hydrogen-bond donors (Lipinski definition) is 2. The number of rotatable bonds is 9. The predicted octanol–water partition coefficient (Wildman–Crippen LogP) is 5.58. The Morgan fingerprint density at radius 2 is 1.70 bits per heavy atom. The van der Waals surface area contributed by atoms with Crippen LogP contribution in [0.25, 0.3) is 0 Å². The lowest BCUT2D eigenvalue weighted by atomic mass is 9.96. The fraction of sp³-hybridized carbons (Fsp3) is 0.250. The van der Waals surface area contributed by atoms with E-state index in [1.165, 1.54) is 12.1 Å². The number of aryl methyl sites for hydroxylation is 1. The Morgan fingerprint density at radius 1 is 1.03 bits per heavy atom. The maximum atomic E-state index is 11.1. The second-order valence-corrected chi connectivity index (χ2v) is 7.17. The Morgan fingerprint density at radius 3 is 2.33 bits per heavy atom. The van der Waals surface area contributed by atoms with Crippen LogP contribution in [0.4, 0.5) is 11.4 Å². The highest BCUT2D eigenvalue weighted by Crippen LogP contribution is 2.31. The van der Waals surface area contributed by atoms with Crippen molar-refractivity contribution in [1.82, 2.24) is 0 Å². The van der Waals surface area contributed by atoms with Crippen LogP contribution in [-0.2, 0) is 0 Å². The van der Waals surface area contributed by atoms with E-state index in [9.17, 15) is 15.2 Å². The van der Waals surface area contributed by atoms with E-state index in [2.05, 4.69) is 5.32 Å². The molecule has 6 nitrogen and oxygen atoms in total. The summed E-state index contributed by atoms with van der Waals surface area (Å²) in [7, 11) is 0. The van der Waals surface area contributed by atoms with Crippen LogP contribution >= 0.6 is 0 Å². The average Bonchev–Trinajstić information content (AvgIpc) is 2.74. The quantitative estimate of drug-likeness (QED) is 0.358. The minimum absolute atomic E-state index is 0.0181. The van der Waals surface area contributed by atoms with E-state index in [1.807, 2.05) is 62.4 Å². The van der Waals surface area contributed by atoms with Crippen molar-refractivity contribution in [3.63, 3.8) is 0 Å². The van der Waals surface area contributed by atoms with Crippen LogP contribution in [0, 0.1) is 17.0 Å². The second-order valence-electron chi connectivity index (χ2n) is 7.17. The summed E-state index contributed by atoms with van der Waals surface area (Å²) in [6, 6.07) is 21.6. The molecule has 156 valence electrons. The van der Waals surface area contributed by atoms with E-state index in [0.717, 1.165) is 22.4 Å². The summed E-state index contributed by atoms with van der Waals surface area (Å²) >= 11 is 0. The van der Waals surface area contributed by atoms with E-state index < -0.39 is 11.0 Å². The molecule has 0 fully saturated rings. The van der Waals surface area contributed by atoms with E-state index in [1.54, 1.807) is 12.1 Å². The fourth-order valence-corrected chi connectivity index (χ4v) is 3.30. The van der Waals surface area contributed by atoms with E-state index in [0.29, 0.717) is 18.7 Å². The van der Waals surface area contributed by atoms with Crippen LogP contribution in [0.3, 0.4) is 0 Å².